The van der Waals surface area contributed by atoms with Crippen molar-refractivity contribution < 1.29 is 36.7 Å². The van der Waals surface area contributed by atoms with Gasteiger partial charge < -0.3 is 29.7 Å². The van der Waals surface area contributed by atoms with Gasteiger partial charge in [0.05, 0.1) is 23.4 Å². The van der Waals surface area contributed by atoms with E-state index < -0.39 is 17.9 Å². The summed E-state index contributed by atoms with van der Waals surface area (Å²) < 4.78 is 59.8. The smallest absolute Gasteiger partial charge is 0.383 e. The third-order valence-corrected chi connectivity index (χ3v) is 9.01. The van der Waals surface area contributed by atoms with Crippen LogP contribution in [0.3, 0.4) is 0 Å². The number of benzene rings is 2. The molecule has 0 radical (unpaired) electrons. The maximum Gasteiger partial charge on any atom is 0.471 e. The highest BCUT2D eigenvalue weighted by molar-refractivity contribution is 6.13. The van der Waals surface area contributed by atoms with Gasteiger partial charge in [-0.1, -0.05) is 18.2 Å². The van der Waals surface area contributed by atoms with Gasteiger partial charge in [0.1, 0.15) is 5.82 Å². The highest BCUT2D eigenvalue weighted by Crippen LogP contribution is 2.35. The Kier molecular flexibility index (Phi) is 10.3. The number of nitrogens with one attached hydrogen (secondary N) is 2. The number of alkyl halides is 3. The third kappa shape index (κ3) is 7.52. The molecule has 0 unspecified atom stereocenters. The highest BCUT2D eigenvalue weighted by Gasteiger charge is 2.38. The Balaban J connectivity index is 1.33. The minimum atomic E-state index is -5.00. The number of nitrogens with zero attached hydrogens (tertiary/aromatic N) is 3. The lowest BCUT2D eigenvalue weighted by Crippen LogP contribution is -2.38. The number of ether oxygens (including phenoxy) is 1. The molecule has 0 atom stereocenters. The summed E-state index contributed by atoms with van der Waals surface area (Å²) in [6.45, 7) is 2.93. The van der Waals surface area contributed by atoms with E-state index in [9.17, 15) is 31.9 Å². The lowest BCUT2D eigenvalue weighted by Gasteiger charge is -2.32. The Labute approximate surface area is 264 Å². The highest BCUT2D eigenvalue weighted by atomic mass is 19.4. The van der Waals surface area contributed by atoms with Crippen LogP contribution < -0.4 is 10.6 Å². The zero-order valence-electron chi connectivity index (χ0n) is 26.0. The van der Waals surface area contributed by atoms with E-state index in [0.717, 1.165) is 31.4 Å². The fourth-order valence-electron chi connectivity index (χ4n) is 6.36. The first kappa shape index (κ1) is 33.4. The van der Waals surface area contributed by atoms with E-state index in [0.29, 0.717) is 66.8 Å². The Bertz CT molecular complexity index is 1570. The first-order chi connectivity index (χ1) is 22.0. The fraction of sp³-hybridized carbons (Fsp3) is 0.485. The van der Waals surface area contributed by atoms with Crippen LogP contribution in [0.25, 0.3) is 10.9 Å². The number of methoxy groups -OCH3 is 1. The maximum absolute atomic E-state index is 14.8. The Morgan fingerprint density at radius 3 is 2.39 bits per heavy atom. The van der Waals surface area contributed by atoms with Gasteiger partial charge in [0, 0.05) is 50.8 Å². The van der Waals surface area contributed by atoms with Crippen molar-refractivity contribution in [3.8, 4) is 0 Å². The summed E-state index contributed by atoms with van der Waals surface area (Å²) in [5.41, 5.74) is 2.53. The van der Waals surface area contributed by atoms with Gasteiger partial charge in [-0.3, -0.25) is 14.4 Å². The number of piperidine rings is 2. The number of aromatic nitrogens is 1. The maximum atomic E-state index is 14.8. The number of hydrogen-bond donors (Lipinski definition) is 2. The van der Waals surface area contributed by atoms with Gasteiger partial charge in [0.2, 0.25) is 5.91 Å². The summed E-state index contributed by atoms with van der Waals surface area (Å²) >= 11 is 0. The molecule has 3 amide bonds. The monoisotopic (exact) mass is 645 g/mol. The quantitative estimate of drug-likeness (QED) is 0.323. The molecule has 248 valence electrons. The molecule has 0 spiro atoms. The normalized spacial score (nSPS) is 17.0. The summed E-state index contributed by atoms with van der Waals surface area (Å²) in [6.07, 6.45) is -0.787. The standard InChI is InChI=1S/C33H39F4N5O4/c1-40-12-8-23(9-13-40)30(43)39-27-4-3-5-28-29(27)25(20-42(28)16-17-46-2)31(44)41-14-10-22(11-15-41)24-18-21(6-7-26(24)34)19-38-32(45)33(35,36)37/h3-7,18,20,22-23H,8-17,19H2,1-2H3,(H,38,45)(H,39,43). The van der Waals surface area contributed by atoms with Crippen molar-refractivity contribution in [2.75, 3.05) is 52.3 Å². The molecule has 1 aromatic heterocycles. The molecule has 0 bridgehead atoms. The molecular formula is C33H39F4N5O4. The third-order valence-electron chi connectivity index (χ3n) is 9.01. The lowest BCUT2D eigenvalue weighted by molar-refractivity contribution is -0.173. The van der Waals surface area contributed by atoms with Gasteiger partial charge in [0.15, 0.2) is 0 Å². The Morgan fingerprint density at radius 2 is 1.72 bits per heavy atom. The number of fused-ring (bicyclic) bond motifs is 1. The molecule has 5 rings (SSSR count). The average Bonchev–Trinajstić information content (AvgIpc) is 3.42. The summed E-state index contributed by atoms with van der Waals surface area (Å²) in [5.74, 6) is -3.17. The van der Waals surface area contributed by atoms with Crippen molar-refractivity contribution >= 4 is 34.3 Å². The molecule has 2 aromatic carbocycles. The van der Waals surface area contributed by atoms with Crippen LogP contribution in [0.5, 0.6) is 0 Å². The number of anilines is 1. The topological polar surface area (TPSA) is 95.9 Å². The molecule has 9 nitrogen and oxygen atoms in total. The van der Waals surface area contributed by atoms with E-state index in [2.05, 4.69) is 10.2 Å². The van der Waals surface area contributed by atoms with Gasteiger partial charge >= 0.3 is 12.1 Å². The molecule has 2 aliphatic rings. The van der Waals surface area contributed by atoms with Gasteiger partial charge in [-0.05, 0) is 81.1 Å². The van der Waals surface area contributed by atoms with Crippen LogP contribution in [0.15, 0.2) is 42.6 Å². The van der Waals surface area contributed by atoms with E-state index in [1.54, 1.807) is 18.2 Å². The summed E-state index contributed by atoms with van der Waals surface area (Å²) in [6, 6.07) is 9.59. The molecule has 2 aliphatic heterocycles. The largest absolute Gasteiger partial charge is 0.471 e. The summed E-state index contributed by atoms with van der Waals surface area (Å²) in [7, 11) is 3.64. The summed E-state index contributed by atoms with van der Waals surface area (Å²) in [5, 5.41) is 5.58. The molecule has 2 fully saturated rings. The number of likely N-dealkylation sites (tertiary alicyclic amines) is 2. The number of carbonyl (C=O) groups excluding carboxylic acids is 3. The van der Waals surface area contributed by atoms with E-state index in [1.807, 2.05) is 35.1 Å². The zero-order chi connectivity index (χ0) is 33.0. The van der Waals surface area contributed by atoms with Crippen LogP contribution in [-0.2, 0) is 27.4 Å². The fourth-order valence-corrected chi connectivity index (χ4v) is 6.36. The van der Waals surface area contributed by atoms with Crippen LogP contribution in [-0.4, -0.2) is 85.2 Å². The Hall–Kier alpha value is -3.97. The van der Waals surface area contributed by atoms with Gasteiger partial charge in [0.25, 0.3) is 5.91 Å². The molecule has 0 aliphatic carbocycles. The van der Waals surface area contributed by atoms with Crippen LogP contribution in [0.2, 0.25) is 0 Å². The van der Waals surface area contributed by atoms with Crippen molar-refractivity contribution in [3.63, 3.8) is 0 Å². The van der Waals surface area contributed by atoms with Gasteiger partial charge in [-0.2, -0.15) is 13.2 Å². The average molecular weight is 646 g/mol. The predicted molar refractivity (Wildman–Crippen MR) is 165 cm³/mol. The van der Waals surface area contributed by atoms with Crippen LogP contribution in [0.4, 0.5) is 23.2 Å². The predicted octanol–water partition coefficient (Wildman–Crippen LogP) is 4.91. The molecular weight excluding hydrogens is 606 g/mol. The number of hydrogen-bond acceptors (Lipinski definition) is 5. The van der Waals surface area contributed by atoms with E-state index in [4.69, 9.17) is 4.74 Å². The van der Waals surface area contributed by atoms with Crippen molar-refractivity contribution in [1.82, 2.24) is 19.7 Å². The lowest BCUT2D eigenvalue weighted by atomic mass is 9.88. The minimum absolute atomic E-state index is 0.0633. The van der Waals surface area contributed by atoms with E-state index in [-0.39, 0.29) is 30.2 Å². The first-order valence-corrected chi connectivity index (χ1v) is 15.5. The van der Waals surface area contributed by atoms with Crippen molar-refractivity contribution in [3.05, 3.63) is 65.1 Å². The number of halogens is 4. The van der Waals surface area contributed by atoms with Crippen LogP contribution in [0, 0.1) is 11.7 Å². The van der Waals surface area contributed by atoms with Gasteiger partial charge in [-0.15, -0.1) is 0 Å². The summed E-state index contributed by atoms with van der Waals surface area (Å²) in [4.78, 5) is 42.4. The number of carbonyl (C=O) groups is 3. The zero-order valence-corrected chi connectivity index (χ0v) is 26.0. The second-order valence-corrected chi connectivity index (χ2v) is 12.1. The molecule has 46 heavy (non-hydrogen) atoms. The van der Waals surface area contributed by atoms with Crippen molar-refractivity contribution in [2.24, 2.45) is 5.92 Å². The minimum Gasteiger partial charge on any atom is -0.383 e. The molecule has 3 heterocycles. The molecule has 13 heteroatoms. The van der Waals surface area contributed by atoms with E-state index in [1.165, 1.54) is 18.2 Å². The molecule has 2 N–H and O–H groups in total. The van der Waals surface area contributed by atoms with Crippen molar-refractivity contribution in [1.29, 1.82) is 0 Å². The second-order valence-electron chi connectivity index (χ2n) is 12.1. The van der Waals surface area contributed by atoms with E-state index >= 15 is 0 Å². The molecule has 2 saturated heterocycles. The first-order valence-electron chi connectivity index (χ1n) is 15.5. The van der Waals surface area contributed by atoms with Crippen molar-refractivity contribution in [2.45, 2.75) is 50.9 Å². The molecule has 0 saturated carbocycles. The SMILES string of the molecule is COCCn1cc(C(=O)N2CCC(c3cc(CNC(=O)C(F)(F)F)ccc3F)CC2)c2c(NC(=O)C3CCN(C)CC3)cccc21. The Morgan fingerprint density at radius 1 is 1.00 bits per heavy atom. The van der Waals surface area contributed by atoms with Crippen LogP contribution >= 0.6 is 0 Å². The second kappa shape index (κ2) is 14.2. The number of amides is 3. The van der Waals surface area contributed by atoms with Crippen LogP contribution in [0.1, 0.15) is 53.1 Å². The number of rotatable bonds is 9. The van der Waals surface area contributed by atoms with Gasteiger partial charge in [-0.25, -0.2) is 4.39 Å². The molecule has 3 aromatic rings.